The maximum Gasteiger partial charge on any atom is 0.433 e. The van der Waals surface area contributed by atoms with Gasteiger partial charge in [-0.3, -0.25) is 9.63 Å². The first-order valence-electron chi connectivity index (χ1n) is 4.35. The van der Waals surface area contributed by atoms with Crippen LogP contribution in [0.25, 0.3) is 0 Å². The lowest BCUT2D eigenvalue weighted by Gasteiger charge is -1.95. The first-order valence-corrected chi connectivity index (χ1v) is 4.73. The van der Waals surface area contributed by atoms with Gasteiger partial charge >= 0.3 is 6.09 Å². The van der Waals surface area contributed by atoms with Gasteiger partial charge in [-0.2, -0.15) is 0 Å². The number of carbonyl (C=O) groups excluding carboxylic acids is 2. The molecule has 0 unspecified atom stereocenters. The fourth-order valence-corrected chi connectivity index (χ4v) is 0.982. The summed E-state index contributed by atoms with van der Waals surface area (Å²) in [4.78, 5) is 26.3. The Labute approximate surface area is 97.0 Å². The molecule has 1 amide bonds. The minimum Gasteiger partial charge on any atom is -0.323 e. The average molecular weight is 241 g/mol. The Morgan fingerprint density at radius 2 is 2.00 bits per heavy atom. The molecule has 5 nitrogen and oxygen atoms in total. The number of nitrogens with zero attached hydrogens (tertiary/aromatic N) is 1. The number of ketones is 1. The standard InChI is InChI=1S/C10H9ClN2O3/c1-12-10(15)16-13-6-9(14)7-2-4-8(11)5-3-7/h2-6H,1H3,(H,12,15)/b13-6+. The van der Waals surface area contributed by atoms with Gasteiger partial charge in [0.1, 0.15) is 6.21 Å². The molecular formula is C10H9ClN2O3. The molecule has 0 aliphatic heterocycles. The highest BCUT2D eigenvalue weighted by molar-refractivity contribution is 6.35. The Hall–Kier alpha value is -1.88. The Kier molecular flexibility index (Phi) is 4.47. The van der Waals surface area contributed by atoms with Crippen molar-refractivity contribution in [2.75, 3.05) is 7.05 Å². The van der Waals surface area contributed by atoms with E-state index in [9.17, 15) is 9.59 Å². The van der Waals surface area contributed by atoms with Crippen molar-refractivity contribution >= 4 is 29.7 Å². The Bertz CT molecular complexity index is 415. The normalized spacial score (nSPS) is 10.1. The van der Waals surface area contributed by atoms with Gasteiger partial charge in [0.2, 0.25) is 5.78 Å². The number of hydrogen-bond donors (Lipinski definition) is 1. The van der Waals surface area contributed by atoms with Crippen molar-refractivity contribution in [1.29, 1.82) is 0 Å². The molecule has 84 valence electrons. The summed E-state index contributed by atoms with van der Waals surface area (Å²) >= 11 is 5.66. The third kappa shape index (κ3) is 3.70. The molecule has 0 radical (unpaired) electrons. The second kappa shape index (κ2) is 5.87. The Morgan fingerprint density at radius 1 is 1.38 bits per heavy atom. The number of benzene rings is 1. The molecular weight excluding hydrogens is 232 g/mol. The van der Waals surface area contributed by atoms with E-state index >= 15 is 0 Å². The van der Waals surface area contributed by atoms with Crippen molar-refractivity contribution in [3.63, 3.8) is 0 Å². The Morgan fingerprint density at radius 3 is 2.56 bits per heavy atom. The van der Waals surface area contributed by atoms with Crippen LogP contribution >= 0.6 is 11.6 Å². The molecule has 16 heavy (non-hydrogen) atoms. The molecule has 0 spiro atoms. The van der Waals surface area contributed by atoms with Crippen LogP contribution in [0, 0.1) is 0 Å². The van der Waals surface area contributed by atoms with E-state index in [0.717, 1.165) is 6.21 Å². The van der Waals surface area contributed by atoms with Crippen LogP contribution < -0.4 is 5.32 Å². The van der Waals surface area contributed by atoms with Crippen LogP contribution in [0.15, 0.2) is 29.4 Å². The van der Waals surface area contributed by atoms with Crippen LogP contribution in [0.4, 0.5) is 4.79 Å². The van der Waals surface area contributed by atoms with Gasteiger partial charge in [0.15, 0.2) is 0 Å². The molecule has 0 heterocycles. The van der Waals surface area contributed by atoms with Crippen LogP contribution in [0.5, 0.6) is 0 Å². The van der Waals surface area contributed by atoms with Crippen molar-refractivity contribution in [3.8, 4) is 0 Å². The van der Waals surface area contributed by atoms with Gasteiger partial charge in [0.25, 0.3) is 0 Å². The molecule has 0 saturated heterocycles. The zero-order valence-corrected chi connectivity index (χ0v) is 9.19. The van der Waals surface area contributed by atoms with Crippen LogP contribution in [0.1, 0.15) is 10.4 Å². The topological polar surface area (TPSA) is 67.8 Å². The average Bonchev–Trinajstić information content (AvgIpc) is 2.29. The summed E-state index contributed by atoms with van der Waals surface area (Å²) in [6, 6.07) is 6.28. The maximum atomic E-state index is 11.4. The highest BCUT2D eigenvalue weighted by atomic mass is 35.5. The second-order valence-electron chi connectivity index (χ2n) is 2.73. The largest absolute Gasteiger partial charge is 0.433 e. The summed E-state index contributed by atoms with van der Waals surface area (Å²) < 4.78 is 0. The van der Waals surface area contributed by atoms with E-state index in [1.165, 1.54) is 7.05 Å². The highest BCUT2D eigenvalue weighted by Crippen LogP contribution is 2.09. The van der Waals surface area contributed by atoms with Crippen LogP contribution in [0.2, 0.25) is 5.02 Å². The summed E-state index contributed by atoms with van der Waals surface area (Å²) in [7, 11) is 1.39. The minimum atomic E-state index is -0.736. The minimum absolute atomic E-state index is 0.374. The third-order valence-corrected chi connectivity index (χ3v) is 1.89. The summed E-state index contributed by atoms with van der Waals surface area (Å²) in [5.41, 5.74) is 0.411. The van der Waals surface area contributed by atoms with Crippen molar-refractivity contribution < 1.29 is 14.4 Å². The number of amides is 1. The molecule has 0 aliphatic carbocycles. The molecule has 0 atom stereocenters. The van der Waals surface area contributed by atoms with Gasteiger partial charge < -0.3 is 5.32 Å². The van der Waals surface area contributed by atoms with Crippen LogP contribution in [0.3, 0.4) is 0 Å². The summed E-state index contributed by atoms with van der Waals surface area (Å²) in [5, 5.41) is 5.94. The van der Waals surface area contributed by atoms with E-state index in [0.29, 0.717) is 10.6 Å². The third-order valence-electron chi connectivity index (χ3n) is 1.64. The predicted molar refractivity (Wildman–Crippen MR) is 59.8 cm³/mol. The zero-order valence-electron chi connectivity index (χ0n) is 8.44. The van der Waals surface area contributed by atoms with Gasteiger partial charge in [-0.05, 0) is 24.3 Å². The molecule has 0 fully saturated rings. The lowest BCUT2D eigenvalue weighted by atomic mass is 10.1. The molecule has 1 N–H and O–H groups in total. The molecule has 1 aromatic carbocycles. The fourth-order valence-electron chi connectivity index (χ4n) is 0.856. The fraction of sp³-hybridized carbons (Fsp3) is 0.100. The Balaban J connectivity index is 2.59. The number of rotatable bonds is 3. The predicted octanol–water partition coefficient (Wildman–Crippen LogP) is 1.86. The lowest BCUT2D eigenvalue weighted by molar-refractivity contribution is 0.106. The van der Waals surface area contributed by atoms with E-state index < -0.39 is 6.09 Å². The monoisotopic (exact) mass is 240 g/mol. The van der Waals surface area contributed by atoms with Gasteiger partial charge in [-0.15, -0.1) is 0 Å². The van der Waals surface area contributed by atoms with E-state index in [4.69, 9.17) is 11.6 Å². The van der Waals surface area contributed by atoms with Gasteiger partial charge in [0, 0.05) is 17.6 Å². The zero-order chi connectivity index (χ0) is 12.0. The first kappa shape index (κ1) is 12.2. The van der Waals surface area contributed by atoms with E-state index in [-0.39, 0.29) is 5.78 Å². The van der Waals surface area contributed by atoms with E-state index in [2.05, 4.69) is 15.3 Å². The van der Waals surface area contributed by atoms with Crippen molar-refractivity contribution in [1.82, 2.24) is 5.32 Å². The van der Waals surface area contributed by atoms with Crippen LogP contribution in [-0.2, 0) is 4.84 Å². The molecule has 0 aromatic heterocycles. The number of carbonyl (C=O) groups is 2. The number of hydrogen-bond acceptors (Lipinski definition) is 4. The van der Waals surface area contributed by atoms with Gasteiger partial charge in [-0.1, -0.05) is 16.8 Å². The number of halogens is 1. The quantitative estimate of drug-likeness (QED) is 0.380. The van der Waals surface area contributed by atoms with E-state index in [1.807, 2.05) is 0 Å². The molecule has 1 aromatic rings. The molecule has 1 rings (SSSR count). The molecule has 0 saturated carbocycles. The van der Waals surface area contributed by atoms with Gasteiger partial charge in [-0.25, -0.2) is 4.79 Å². The number of Topliss-reactive ketones (excluding diaryl/α,β-unsaturated/α-hetero) is 1. The summed E-state index contributed by atoms with van der Waals surface area (Å²) in [6.07, 6.45) is 0.179. The number of oxime groups is 1. The lowest BCUT2D eigenvalue weighted by Crippen LogP contribution is -2.17. The number of nitrogens with one attached hydrogen (secondary N) is 1. The maximum absolute atomic E-state index is 11.4. The van der Waals surface area contributed by atoms with Crippen LogP contribution in [-0.4, -0.2) is 25.1 Å². The van der Waals surface area contributed by atoms with Crippen molar-refractivity contribution in [2.45, 2.75) is 0 Å². The highest BCUT2D eigenvalue weighted by Gasteiger charge is 2.02. The second-order valence-corrected chi connectivity index (χ2v) is 3.17. The molecule has 6 heteroatoms. The summed E-state index contributed by atoms with van der Waals surface area (Å²) in [6.45, 7) is 0. The first-order chi connectivity index (χ1) is 7.63. The summed E-state index contributed by atoms with van der Waals surface area (Å²) in [5.74, 6) is -0.374. The SMILES string of the molecule is CNC(=O)O/N=C/C(=O)c1ccc(Cl)cc1. The molecule has 0 bridgehead atoms. The van der Waals surface area contributed by atoms with Crippen molar-refractivity contribution in [3.05, 3.63) is 34.9 Å². The van der Waals surface area contributed by atoms with E-state index in [1.54, 1.807) is 24.3 Å². The smallest absolute Gasteiger partial charge is 0.323 e. The van der Waals surface area contributed by atoms with Gasteiger partial charge in [0.05, 0.1) is 0 Å². The molecule has 0 aliphatic rings. The van der Waals surface area contributed by atoms with Crippen molar-refractivity contribution in [2.24, 2.45) is 5.16 Å².